The van der Waals surface area contributed by atoms with Crippen molar-refractivity contribution in [3.05, 3.63) is 35.8 Å². The summed E-state index contributed by atoms with van der Waals surface area (Å²) in [5.41, 5.74) is 3.29. The van der Waals surface area contributed by atoms with Crippen LogP contribution in [0.3, 0.4) is 0 Å². The zero-order valence-corrected chi connectivity index (χ0v) is 7.20. The molecule has 0 aromatic carbocycles. The van der Waals surface area contributed by atoms with E-state index in [1.165, 1.54) is 5.56 Å². The lowest BCUT2D eigenvalue weighted by atomic mass is 10.1. The predicted molar refractivity (Wildman–Crippen MR) is 49.0 cm³/mol. The van der Waals surface area contributed by atoms with Crippen molar-refractivity contribution in [2.24, 2.45) is 0 Å². The molecule has 2 heterocycles. The zero-order chi connectivity index (χ0) is 8.55. The Morgan fingerprint density at radius 1 is 1.17 bits per heavy atom. The smallest absolute Gasteiger partial charge is 0.0764 e. The fraction of sp³-hybridized carbons (Fsp3) is 0.200. The SMILES string of the molecule is Cc1ncc2cccnc2c1C. The Bertz CT molecular complexity index is 421. The second kappa shape index (κ2) is 2.55. The highest BCUT2D eigenvalue weighted by atomic mass is 14.7. The average Bonchev–Trinajstić information content (AvgIpc) is 2.12. The topological polar surface area (TPSA) is 25.8 Å². The molecule has 0 spiro atoms. The maximum Gasteiger partial charge on any atom is 0.0764 e. The maximum atomic E-state index is 4.30. The van der Waals surface area contributed by atoms with Crippen molar-refractivity contribution in [3.8, 4) is 0 Å². The van der Waals surface area contributed by atoms with E-state index in [1.54, 1.807) is 0 Å². The lowest BCUT2D eigenvalue weighted by Gasteiger charge is -2.02. The molecule has 0 saturated carbocycles. The van der Waals surface area contributed by atoms with Crippen molar-refractivity contribution in [2.75, 3.05) is 0 Å². The van der Waals surface area contributed by atoms with Gasteiger partial charge >= 0.3 is 0 Å². The molecule has 0 atom stereocenters. The van der Waals surface area contributed by atoms with E-state index in [9.17, 15) is 0 Å². The summed E-state index contributed by atoms with van der Waals surface area (Å²) in [6.07, 6.45) is 3.68. The van der Waals surface area contributed by atoms with Crippen LogP contribution in [0.4, 0.5) is 0 Å². The number of fused-ring (bicyclic) bond motifs is 1. The molecule has 2 rings (SSSR count). The van der Waals surface area contributed by atoms with Gasteiger partial charge in [0, 0.05) is 23.5 Å². The van der Waals surface area contributed by atoms with Crippen LogP contribution in [0.5, 0.6) is 0 Å². The Kier molecular flexibility index (Phi) is 1.54. The lowest BCUT2D eigenvalue weighted by molar-refractivity contribution is 1.16. The predicted octanol–water partition coefficient (Wildman–Crippen LogP) is 2.25. The van der Waals surface area contributed by atoms with Gasteiger partial charge in [0.05, 0.1) is 5.52 Å². The van der Waals surface area contributed by atoms with E-state index in [0.29, 0.717) is 0 Å². The van der Waals surface area contributed by atoms with Gasteiger partial charge < -0.3 is 0 Å². The Morgan fingerprint density at radius 2 is 2.00 bits per heavy atom. The molecule has 0 radical (unpaired) electrons. The highest BCUT2D eigenvalue weighted by Gasteiger charge is 2.00. The van der Waals surface area contributed by atoms with E-state index in [4.69, 9.17) is 0 Å². The van der Waals surface area contributed by atoms with Crippen LogP contribution >= 0.6 is 0 Å². The van der Waals surface area contributed by atoms with Gasteiger partial charge in [-0.05, 0) is 31.5 Å². The highest BCUT2D eigenvalue weighted by Crippen LogP contribution is 2.15. The summed E-state index contributed by atoms with van der Waals surface area (Å²) in [7, 11) is 0. The summed E-state index contributed by atoms with van der Waals surface area (Å²) in [5.74, 6) is 0. The van der Waals surface area contributed by atoms with Crippen molar-refractivity contribution in [1.82, 2.24) is 9.97 Å². The molecule has 2 aromatic rings. The molecular formula is C10H10N2. The zero-order valence-electron chi connectivity index (χ0n) is 7.20. The fourth-order valence-electron chi connectivity index (χ4n) is 1.27. The van der Waals surface area contributed by atoms with Gasteiger partial charge in [0.1, 0.15) is 0 Å². The Balaban J connectivity index is 2.91. The number of hydrogen-bond donors (Lipinski definition) is 0. The lowest BCUT2D eigenvalue weighted by Crippen LogP contribution is -1.89. The first-order valence-corrected chi connectivity index (χ1v) is 3.96. The van der Waals surface area contributed by atoms with Gasteiger partial charge in [-0.3, -0.25) is 9.97 Å². The number of pyridine rings is 2. The van der Waals surface area contributed by atoms with Gasteiger partial charge in [-0.1, -0.05) is 0 Å². The summed E-state index contributed by atoms with van der Waals surface area (Å²) in [4.78, 5) is 8.57. The van der Waals surface area contributed by atoms with E-state index in [-0.39, 0.29) is 0 Å². The van der Waals surface area contributed by atoms with Crippen LogP contribution < -0.4 is 0 Å². The van der Waals surface area contributed by atoms with E-state index in [2.05, 4.69) is 16.9 Å². The minimum absolute atomic E-state index is 1.06. The third-order valence-electron chi connectivity index (χ3n) is 2.13. The number of aryl methyl sites for hydroxylation is 2. The maximum absolute atomic E-state index is 4.30. The first-order valence-electron chi connectivity index (χ1n) is 3.96. The molecular weight excluding hydrogens is 148 g/mol. The summed E-state index contributed by atoms with van der Waals surface area (Å²) < 4.78 is 0. The standard InChI is InChI=1S/C10H10N2/c1-7-8(2)12-6-9-4-3-5-11-10(7)9/h3-6H,1-2H3. The van der Waals surface area contributed by atoms with Gasteiger partial charge in [0.25, 0.3) is 0 Å². The van der Waals surface area contributed by atoms with Crippen LogP contribution in [-0.4, -0.2) is 9.97 Å². The molecule has 12 heavy (non-hydrogen) atoms. The monoisotopic (exact) mass is 158 g/mol. The van der Waals surface area contributed by atoms with E-state index < -0.39 is 0 Å². The van der Waals surface area contributed by atoms with E-state index in [1.807, 2.05) is 31.5 Å². The van der Waals surface area contributed by atoms with Crippen molar-refractivity contribution < 1.29 is 0 Å². The van der Waals surface area contributed by atoms with Crippen LogP contribution in [0, 0.1) is 13.8 Å². The van der Waals surface area contributed by atoms with Crippen LogP contribution in [0.2, 0.25) is 0 Å². The first-order chi connectivity index (χ1) is 5.79. The number of rotatable bonds is 0. The fourth-order valence-corrected chi connectivity index (χ4v) is 1.27. The summed E-state index contributed by atoms with van der Waals surface area (Å²) in [6.45, 7) is 4.06. The van der Waals surface area contributed by atoms with Gasteiger partial charge in [-0.15, -0.1) is 0 Å². The molecule has 0 N–H and O–H groups in total. The van der Waals surface area contributed by atoms with E-state index in [0.717, 1.165) is 16.6 Å². The van der Waals surface area contributed by atoms with Crippen LogP contribution in [-0.2, 0) is 0 Å². The van der Waals surface area contributed by atoms with Gasteiger partial charge in [0.15, 0.2) is 0 Å². The second-order valence-electron chi connectivity index (χ2n) is 2.91. The average molecular weight is 158 g/mol. The van der Waals surface area contributed by atoms with Crippen LogP contribution in [0.25, 0.3) is 10.9 Å². The van der Waals surface area contributed by atoms with Gasteiger partial charge in [-0.25, -0.2) is 0 Å². The van der Waals surface area contributed by atoms with E-state index >= 15 is 0 Å². The molecule has 0 fully saturated rings. The molecule has 0 aliphatic heterocycles. The molecule has 2 heteroatoms. The Labute approximate surface area is 71.3 Å². The summed E-state index contributed by atoms with van der Waals surface area (Å²) in [5, 5.41) is 1.11. The normalized spacial score (nSPS) is 10.5. The minimum atomic E-state index is 1.06. The first kappa shape index (κ1) is 7.22. The highest BCUT2D eigenvalue weighted by molar-refractivity contribution is 5.80. The second-order valence-corrected chi connectivity index (χ2v) is 2.91. The molecule has 0 bridgehead atoms. The summed E-state index contributed by atoms with van der Waals surface area (Å²) in [6, 6.07) is 3.96. The largest absolute Gasteiger partial charge is 0.261 e. The third kappa shape index (κ3) is 0.961. The molecule has 0 unspecified atom stereocenters. The molecule has 0 saturated heterocycles. The van der Waals surface area contributed by atoms with Crippen molar-refractivity contribution >= 4 is 10.9 Å². The minimum Gasteiger partial charge on any atom is -0.261 e. The number of hydrogen-bond acceptors (Lipinski definition) is 2. The molecule has 60 valence electrons. The quantitative estimate of drug-likeness (QED) is 0.587. The number of nitrogens with zero attached hydrogens (tertiary/aromatic N) is 2. The van der Waals surface area contributed by atoms with Crippen molar-refractivity contribution in [2.45, 2.75) is 13.8 Å². The summed E-state index contributed by atoms with van der Waals surface area (Å²) >= 11 is 0. The molecule has 0 aliphatic rings. The molecule has 2 aromatic heterocycles. The Hall–Kier alpha value is -1.44. The van der Waals surface area contributed by atoms with Crippen molar-refractivity contribution in [3.63, 3.8) is 0 Å². The van der Waals surface area contributed by atoms with Crippen LogP contribution in [0.1, 0.15) is 11.3 Å². The van der Waals surface area contributed by atoms with Gasteiger partial charge in [-0.2, -0.15) is 0 Å². The van der Waals surface area contributed by atoms with Crippen LogP contribution in [0.15, 0.2) is 24.5 Å². The number of aromatic nitrogens is 2. The molecule has 2 nitrogen and oxygen atoms in total. The third-order valence-corrected chi connectivity index (χ3v) is 2.13. The molecule has 0 amide bonds. The molecule has 0 aliphatic carbocycles. The van der Waals surface area contributed by atoms with Crippen molar-refractivity contribution in [1.29, 1.82) is 0 Å². The van der Waals surface area contributed by atoms with Gasteiger partial charge in [0.2, 0.25) is 0 Å². The Morgan fingerprint density at radius 3 is 2.83 bits per heavy atom.